The third-order valence-corrected chi connectivity index (χ3v) is 14.9. The zero-order valence-electron chi connectivity index (χ0n) is 29.6. The summed E-state index contributed by atoms with van der Waals surface area (Å²) in [6.07, 6.45) is 11.6. The average molecular weight is 639 g/mol. The van der Waals surface area contributed by atoms with E-state index in [-0.39, 0.29) is 28.6 Å². The fourth-order valence-corrected chi connectivity index (χ4v) is 15.2. The van der Waals surface area contributed by atoms with E-state index in [4.69, 9.17) is 17.7 Å². The summed E-state index contributed by atoms with van der Waals surface area (Å²) in [6.45, 7) is 35.9. The lowest BCUT2D eigenvalue weighted by molar-refractivity contribution is -0.183. The third kappa shape index (κ3) is 7.00. The SMILES string of the molecule is CC(O[Si](C)(C)C)[C@@]1(O[Si](C)(C)C)CC[C@H]2[C@@H]3CC=C4CC(O[Si](C)(C)C)CC[C@]4(C)[C@H]3C(O[Si](C)(C)C)C[C@@]21C. The van der Waals surface area contributed by atoms with Gasteiger partial charge in [-0.1, -0.05) is 25.5 Å². The highest BCUT2D eigenvalue weighted by atomic mass is 28.4. The Balaban J connectivity index is 1.78. The standard InChI is InChI=1S/C33H66O4Si4/c1-24(34-38(4,5)6)33(37-41(13,14)15)21-19-28-27-17-16-25-22-26(35-39(7,8)9)18-20-31(25,2)30(27)29(23-32(28,33)3)36-40(10,11)12/h16,24,26-30H,17-23H2,1-15H3/t24?,26?,27-,28-,29?,30+,31-,32-,33-/m0/s1. The molecule has 4 aliphatic rings. The van der Waals surface area contributed by atoms with E-state index < -0.39 is 33.3 Å². The first kappa shape index (κ1) is 34.3. The number of allylic oxidation sites excluding steroid dienone is 1. The molecule has 3 saturated carbocycles. The van der Waals surface area contributed by atoms with Crippen LogP contribution < -0.4 is 0 Å². The van der Waals surface area contributed by atoms with Gasteiger partial charge in [-0.25, -0.2) is 0 Å². The van der Waals surface area contributed by atoms with Gasteiger partial charge in [0.05, 0.1) is 11.7 Å². The van der Waals surface area contributed by atoms with Crippen molar-refractivity contribution in [3.8, 4) is 0 Å². The van der Waals surface area contributed by atoms with E-state index >= 15 is 0 Å². The summed E-state index contributed by atoms with van der Waals surface area (Å²) in [5, 5.41) is 0. The summed E-state index contributed by atoms with van der Waals surface area (Å²) >= 11 is 0. The highest BCUT2D eigenvalue weighted by Crippen LogP contribution is 2.69. The van der Waals surface area contributed by atoms with Crippen molar-refractivity contribution in [2.75, 3.05) is 0 Å². The Morgan fingerprint density at radius 1 is 0.780 bits per heavy atom. The Kier molecular flexibility index (Phi) is 9.26. The smallest absolute Gasteiger partial charge is 0.184 e. The van der Waals surface area contributed by atoms with Gasteiger partial charge in [-0.05, 0) is 154 Å². The molecule has 0 aliphatic heterocycles. The third-order valence-electron chi connectivity index (χ3n) is 10.9. The average Bonchev–Trinajstić information content (AvgIpc) is 3.02. The van der Waals surface area contributed by atoms with Crippen LogP contribution in [0, 0.1) is 28.6 Å². The molecular weight excluding hydrogens is 573 g/mol. The second-order valence-electron chi connectivity index (χ2n) is 18.7. The maximum Gasteiger partial charge on any atom is 0.184 e. The van der Waals surface area contributed by atoms with Gasteiger partial charge in [-0.2, -0.15) is 0 Å². The number of hydrogen-bond donors (Lipinski definition) is 0. The fraction of sp³-hybridized carbons (Fsp3) is 0.939. The largest absolute Gasteiger partial charge is 0.414 e. The maximum absolute atomic E-state index is 7.48. The monoisotopic (exact) mass is 638 g/mol. The molecule has 0 aromatic heterocycles. The number of hydrogen-bond acceptors (Lipinski definition) is 4. The van der Waals surface area contributed by atoms with E-state index in [1.165, 1.54) is 25.7 Å². The van der Waals surface area contributed by atoms with E-state index in [1.54, 1.807) is 5.57 Å². The molecule has 0 amide bonds. The van der Waals surface area contributed by atoms with Crippen molar-refractivity contribution in [3.05, 3.63) is 11.6 Å². The number of rotatable bonds is 9. The summed E-state index contributed by atoms with van der Waals surface area (Å²) in [5.41, 5.74) is 1.68. The minimum Gasteiger partial charge on any atom is -0.414 e. The Morgan fingerprint density at radius 2 is 1.39 bits per heavy atom. The van der Waals surface area contributed by atoms with E-state index in [9.17, 15) is 0 Å². The summed E-state index contributed by atoms with van der Waals surface area (Å²) in [6, 6.07) is 0. The quantitative estimate of drug-likeness (QED) is 0.186. The van der Waals surface area contributed by atoms with Gasteiger partial charge in [0.15, 0.2) is 33.3 Å². The minimum atomic E-state index is -1.86. The first-order chi connectivity index (χ1) is 18.4. The molecule has 4 aliphatic carbocycles. The maximum atomic E-state index is 7.48. The Labute approximate surface area is 258 Å². The van der Waals surface area contributed by atoms with Crippen LogP contribution in [0.2, 0.25) is 78.6 Å². The molecule has 8 heteroatoms. The zero-order valence-corrected chi connectivity index (χ0v) is 33.6. The Hall–Kier alpha value is 0.448. The van der Waals surface area contributed by atoms with Crippen LogP contribution in [0.15, 0.2) is 11.6 Å². The van der Waals surface area contributed by atoms with Gasteiger partial charge >= 0.3 is 0 Å². The lowest BCUT2D eigenvalue weighted by atomic mass is 9.46. The van der Waals surface area contributed by atoms with Crippen molar-refractivity contribution in [3.63, 3.8) is 0 Å². The van der Waals surface area contributed by atoms with Crippen LogP contribution in [0.4, 0.5) is 0 Å². The van der Waals surface area contributed by atoms with Gasteiger partial charge in [-0.15, -0.1) is 0 Å². The molecule has 3 unspecified atom stereocenters. The molecule has 238 valence electrons. The zero-order chi connectivity index (χ0) is 31.0. The van der Waals surface area contributed by atoms with Gasteiger partial charge in [0.1, 0.15) is 0 Å². The van der Waals surface area contributed by atoms with E-state index in [2.05, 4.69) is 105 Å². The van der Waals surface area contributed by atoms with E-state index in [0.717, 1.165) is 19.3 Å². The highest BCUT2D eigenvalue weighted by molar-refractivity contribution is 6.71. The first-order valence-corrected chi connectivity index (χ1v) is 30.5. The van der Waals surface area contributed by atoms with Crippen LogP contribution in [0.1, 0.15) is 65.7 Å². The summed E-state index contributed by atoms with van der Waals surface area (Å²) < 4.78 is 28.5. The molecule has 0 saturated heterocycles. The molecule has 0 spiro atoms. The molecule has 0 heterocycles. The van der Waals surface area contributed by atoms with Crippen LogP contribution in [0.5, 0.6) is 0 Å². The predicted octanol–water partition coefficient (Wildman–Crippen LogP) is 9.83. The van der Waals surface area contributed by atoms with Crippen molar-refractivity contribution in [2.24, 2.45) is 28.6 Å². The van der Waals surface area contributed by atoms with Crippen LogP contribution in [0.3, 0.4) is 0 Å². The van der Waals surface area contributed by atoms with Gasteiger partial charge in [-0.3, -0.25) is 0 Å². The molecule has 4 rings (SSSR count). The summed E-state index contributed by atoms with van der Waals surface area (Å²) in [5.74, 6) is 1.86. The minimum absolute atomic E-state index is 0.0394. The molecule has 0 bridgehead atoms. The van der Waals surface area contributed by atoms with Crippen LogP contribution in [-0.4, -0.2) is 57.2 Å². The molecule has 4 nitrogen and oxygen atoms in total. The van der Waals surface area contributed by atoms with Crippen molar-refractivity contribution >= 4 is 33.3 Å². The normalized spacial score (nSPS) is 40.9. The highest BCUT2D eigenvalue weighted by Gasteiger charge is 2.69. The van der Waals surface area contributed by atoms with Gasteiger partial charge in [0.25, 0.3) is 0 Å². The Bertz CT molecular complexity index is 989. The molecule has 0 radical (unpaired) electrons. The molecule has 0 aromatic rings. The summed E-state index contributed by atoms with van der Waals surface area (Å²) in [4.78, 5) is 0. The lowest BCUT2D eigenvalue weighted by Crippen LogP contribution is -2.66. The first-order valence-electron chi connectivity index (χ1n) is 16.8. The van der Waals surface area contributed by atoms with Crippen molar-refractivity contribution in [1.29, 1.82) is 0 Å². The van der Waals surface area contributed by atoms with Crippen LogP contribution in [0.25, 0.3) is 0 Å². The van der Waals surface area contributed by atoms with Crippen molar-refractivity contribution in [2.45, 2.75) is 168 Å². The van der Waals surface area contributed by atoms with Crippen molar-refractivity contribution < 1.29 is 17.7 Å². The van der Waals surface area contributed by atoms with Crippen molar-refractivity contribution in [1.82, 2.24) is 0 Å². The van der Waals surface area contributed by atoms with Gasteiger partial charge in [0.2, 0.25) is 0 Å². The van der Waals surface area contributed by atoms with Gasteiger partial charge < -0.3 is 17.7 Å². The van der Waals surface area contributed by atoms with E-state index in [1.807, 2.05) is 0 Å². The summed E-state index contributed by atoms with van der Waals surface area (Å²) in [7, 11) is -6.96. The molecule has 41 heavy (non-hydrogen) atoms. The topological polar surface area (TPSA) is 36.9 Å². The molecule has 3 fully saturated rings. The van der Waals surface area contributed by atoms with Crippen LogP contribution in [-0.2, 0) is 17.7 Å². The molecule has 9 atom stereocenters. The number of fused-ring (bicyclic) bond motifs is 5. The molecule has 0 aromatic carbocycles. The molecular formula is C33H66O4Si4. The molecule has 0 N–H and O–H groups in total. The predicted molar refractivity (Wildman–Crippen MR) is 185 cm³/mol. The lowest BCUT2D eigenvalue weighted by Gasteiger charge is -2.64. The van der Waals surface area contributed by atoms with E-state index in [0.29, 0.717) is 23.9 Å². The van der Waals surface area contributed by atoms with Gasteiger partial charge in [0, 0.05) is 17.6 Å². The Morgan fingerprint density at radius 3 is 1.93 bits per heavy atom. The van der Waals surface area contributed by atoms with Crippen LogP contribution >= 0.6 is 0 Å². The fourth-order valence-electron chi connectivity index (χ4n) is 10.0. The second-order valence-corrected chi connectivity index (χ2v) is 36.5. The second kappa shape index (κ2) is 11.1.